The number of nitrogens with two attached hydrogens (primary N) is 1. The number of nitrogen functional groups attached to an aromatic ring is 1. The van der Waals surface area contributed by atoms with Gasteiger partial charge in [0.05, 0.1) is 19.1 Å². The van der Waals surface area contributed by atoms with Crippen molar-refractivity contribution in [2.45, 2.75) is 31.1 Å². The third-order valence-electron chi connectivity index (χ3n) is 7.34. The molecule has 2 heterocycles. The van der Waals surface area contributed by atoms with Crippen LogP contribution in [-0.4, -0.2) is 59.9 Å². The van der Waals surface area contributed by atoms with Gasteiger partial charge >= 0.3 is 0 Å². The SMILES string of the molecule is CC(NC(=O)[C@@H]1C[C@](F)(CF)CN1C(=O)CNC(=O)c1ccc2cc3ccccc3cc2c1)c1cc(C(=N)N)cs1. The normalized spacial score (nSPS) is 19.3. The number of alkyl halides is 2. The summed E-state index contributed by atoms with van der Waals surface area (Å²) in [5.41, 5.74) is 4.00. The molecule has 1 aliphatic rings. The number of nitrogens with one attached hydrogen (secondary N) is 3. The Labute approximate surface area is 239 Å². The van der Waals surface area contributed by atoms with Crippen LogP contribution in [0.15, 0.2) is 66.0 Å². The highest BCUT2D eigenvalue weighted by molar-refractivity contribution is 7.10. The number of hydrogen-bond acceptors (Lipinski definition) is 5. The van der Waals surface area contributed by atoms with E-state index in [0.717, 1.165) is 26.4 Å². The van der Waals surface area contributed by atoms with E-state index in [1.807, 2.05) is 42.5 Å². The third-order valence-corrected chi connectivity index (χ3v) is 8.45. The van der Waals surface area contributed by atoms with Crippen molar-refractivity contribution >= 4 is 56.4 Å². The Kier molecular flexibility index (Phi) is 7.72. The topological polar surface area (TPSA) is 128 Å². The standard InChI is InChI=1S/C30H29F2N5O3S/c1-17(25-11-23(14-41-25)27(33)34)36-29(40)24-12-30(32,15-31)16-37(24)26(38)13-35-28(39)21-7-6-20-8-18-4-2-3-5-19(18)9-22(20)10-21/h2-11,14,17,24H,12-13,15-16H2,1H3,(H3,33,34)(H,35,39)(H,36,40)/t17?,24-,30-/m0/s1. The van der Waals surface area contributed by atoms with Crippen LogP contribution in [0, 0.1) is 5.41 Å². The van der Waals surface area contributed by atoms with E-state index in [1.165, 1.54) is 11.3 Å². The number of rotatable bonds is 8. The number of nitrogens with zero attached hydrogens (tertiary/aromatic N) is 1. The van der Waals surface area contributed by atoms with E-state index in [1.54, 1.807) is 30.5 Å². The number of carbonyl (C=O) groups is 3. The maximum atomic E-state index is 15.1. The van der Waals surface area contributed by atoms with Crippen LogP contribution in [0.5, 0.6) is 0 Å². The summed E-state index contributed by atoms with van der Waals surface area (Å²) in [6.45, 7) is -0.718. The largest absolute Gasteiger partial charge is 0.384 e. The molecule has 0 aliphatic carbocycles. The highest BCUT2D eigenvalue weighted by atomic mass is 32.1. The Balaban J connectivity index is 1.26. The second kappa shape index (κ2) is 11.2. The van der Waals surface area contributed by atoms with Crippen LogP contribution in [0.2, 0.25) is 0 Å². The quantitative estimate of drug-likeness (QED) is 0.142. The van der Waals surface area contributed by atoms with Crippen molar-refractivity contribution < 1.29 is 23.2 Å². The molecule has 3 amide bonds. The summed E-state index contributed by atoms with van der Waals surface area (Å²) in [6.07, 6.45) is -0.497. The average molecular weight is 578 g/mol. The highest BCUT2D eigenvalue weighted by Gasteiger charge is 2.49. The summed E-state index contributed by atoms with van der Waals surface area (Å²) >= 11 is 1.29. The van der Waals surface area contributed by atoms with Gasteiger partial charge in [-0.2, -0.15) is 0 Å². The molecule has 0 radical (unpaired) electrons. The molecule has 3 aromatic carbocycles. The highest BCUT2D eigenvalue weighted by Crippen LogP contribution is 2.32. The zero-order valence-electron chi connectivity index (χ0n) is 22.2. The molecule has 1 saturated heterocycles. The zero-order chi connectivity index (χ0) is 29.3. The number of thiophene rings is 1. The number of carbonyl (C=O) groups excluding carboxylic acids is 3. The molecule has 5 rings (SSSR count). The number of amides is 3. The Morgan fingerprint density at radius 1 is 1.07 bits per heavy atom. The van der Waals surface area contributed by atoms with Crippen molar-refractivity contribution in [3.63, 3.8) is 0 Å². The molecule has 4 aromatic rings. The molecule has 0 bridgehead atoms. The smallest absolute Gasteiger partial charge is 0.251 e. The summed E-state index contributed by atoms with van der Waals surface area (Å²) < 4.78 is 28.6. The number of likely N-dealkylation sites (tertiary alicyclic amines) is 1. The number of amidine groups is 1. The number of benzene rings is 3. The molecule has 0 spiro atoms. The first-order valence-electron chi connectivity index (χ1n) is 13.1. The monoisotopic (exact) mass is 577 g/mol. The molecule has 11 heteroatoms. The van der Waals surface area contributed by atoms with Crippen LogP contribution >= 0.6 is 11.3 Å². The van der Waals surface area contributed by atoms with Crippen molar-refractivity contribution in [3.8, 4) is 0 Å². The molecule has 1 aromatic heterocycles. The summed E-state index contributed by atoms with van der Waals surface area (Å²) in [5, 5.41) is 18.5. The van der Waals surface area contributed by atoms with Gasteiger partial charge in [0.2, 0.25) is 11.8 Å². The third kappa shape index (κ3) is 5.90. The molecule has 1 unspecified atom stereocenters. The Morgan fingerprint density at radius 3 is 2.41 bits per heavy atom. The molecular weight excluding hydrogens is 548 g/mol. The summed E-state index contributed by atoms with van der Waals surface area (Å²) in [6, 6.07) is 17.0. The van der Waals surface area contributed by atoms with Gasteiger partial charge in [-0.05, 0) is 58.8 Å². The lowest BCUT2D eigenvalue weighted by atomic mass is 10.0. The molecular formula is C30H29F2N5O3S. The lowest BCUT2D eigenvalue weighted by Gasteiger charge is -2.25. The molecule has 3 atom stereocenters. The predicted octanol–water partition coefficient (Wildman–Crippen LogP) is 4.22. The first-order chi connectivity index (χ1) is 19.6. The van der Waals surface area contributed by atoms with Crippen LogP contribution in [0.25, 0.3) is 21.5 Å². The van der Waals surface area contributed by atoms with Gasteiger partial charge in [0, 0.05) is 27.8 Å². The van der Waals surface area contributed by atoms with Crippen LogP contribution in [0.3, 0.4) is 0 Å². The summed E-state index contributed by atoms with van der Waals surface area (Å²) in [5.74, 6) is -1.94. The first-order valence-corrected chi connectivity index (χ1v) is 13.9. The molecule has 0 saturated carbocycles. The van der Waals surface area contributed by atoms with Gasteiger partial charge in [-0.25, -0.2) is 8.78 Å². The summed E-state index contributed by atoms with van der Waals surface area (Å²) in [4.78, 5) is 40.8. The van der Waals surface area contributed by atoms with Gasteiger partial charge in [0.15, 0.2) is 5.67 Å². The van der Waals surface area contributed by atoms with Crippen LogP contribution < -0.4 is 16.4 Å². The zero-order valence-corrected chi connectivity index (χ0v) is 23.1. The second-order valence-corrected chi connectivity index (χ2v) is 11.3. The lowest BCUT2D eigenvalue weighted by molar-refractivity contribution is -0.138. The van der Waals surface area contributed by atoms with Gasteiger partial charge in [-0.15, -0.1) is 11.3 Å². The van der Waals surface area contributed by atoms with Crippen molar-refractivity contribution in [2.75, 3.05) is 19.8 Å². The number of halogens is 2. The minimum atomic E-state index is -2.36. The minimum Gasteiger partial charge on any atom is -0.384 e. The van der Waals surface area contributed by atoms with Crippen molar-refractivity contribution in [1.29, 1.82) is 5.41 Å². The minimum absolute atomic E-state index is 0.108. The predicted molar refractivity (Wildman–Crippen MR) is 156 cm³/mol. The van der Waals surface area contributed by atoms with E-state index in [9.17, 15) is 18.8 Å². The van der Waals surface area contributed by atoms with Gasteiger partial charge in [0.1, 0.15) is 18.6 Å². The van der Waals surface area contributed by atoms with E-state index >= 15 is 4.39 Å². The fraction of sp³-hybridized carbons (Fsp3) is 0.267. The van der Waals surface area contributed by atoms with Gasteiger partial charge < -0.3 is 21.3 Å². The van der Waals surface area contributed by atoms with Crippen LogP contribution in [-0.2, 0) is 9.59 Å². The maximum Gasteiger partial charge on any atom is 0.251 e. The number of hydrogen-bond donors (Lipinski definition) is 4. The van der Waals surface area contributed by atoms with Gasteiger partial charge in [0.25, 0.3) is 5.91 Å². The lowest BCUT2D eigenvalue weighted by Crippen LogP contribution is -2.49. The fourth-order valence-corrected chi connectivity index (χ4v) is 5.99. The Morgan fingerprint density at radius 2 is 1.76 bits per heavy atom. The molecule has 212 valence electrons. The van der Waals surface area contributed by atoms with E-state index in [0.29, 0.717) is 16.0 Å². The summed E-state index contributed by atoms with van der Waals surface area (Å²) in [7, 11) is 0. The van der Waals surface area contributed by atoms with E-state index in [4.69, 9.17) is 11.1 Å². The molecule has 1 fully saturated rings. The molecule has 5 N–H and O–H groups in total. The van der Waals surface area contributed by atoms with Crippen molar-refractivity contribution in [1.82, 2.24) is 15.5 Å². The van der Waals surface area contributed by atoms with E-state index in [-0.39, 0.29) is 5.84 Å². The average Bonchev–Trinajstić information content (AvgIpc) is 3.60. The van der Waals surface area contributed by atoms with E-state index in [2.05, 4.69) is 10.6 Å². The second-order valence-electron chi connectivity index (χ2n) is 10.4. The fourth-order valence-electron chi connectivity index (χ4n) is 5.07. The Bertz CT molecular complexity index is 1670. The van der Waals surface area contributed by atoms with Crippen molar-refractivity contribution in [2.24, 2.45) is 5.73 Å². The van der Waals surface area contributed by atoms with Gasteiger partial charge in [-0.1, -0.05) is 30.3 Å². The first kappa shape index (κ1) is 28.2. The number of fused-ring (bicyclic) bond motifs is 2. The molecule has 41 heavy (non-hydrogen) atoms. The molecule has 1 aliphatic heterocycles. The van der Waals surface area contributed by atoms with E-state index < -0.39 is 61.7 Å². The van der Waals surface area contributed by atoms with Crippen LogP contribution in [0.1, 0.15) is 40.2 Å². The molecule has 8 nitrogen and oxygen atoms in total. The maximum absolute atomic E-state index is 15.1. The van der Waals surface area contributed by atoms with Gasteiger partial charge in [-0.3, -0.25) is 19.8 Å². The van der Waals surface area contributed by atoms with Crippen molar-refractivity contribution in [3.05, 3.63) is 82.0 Å². The van der Waals surface area contributed by atoms with Crippen LogP contribution in [0.4, 0.5) is 8.78 Å². The Hall–Kier alpha value is -4.38.